The number of nitrogens with one attached hydrogen (secondary N) is 1. The van der Waals surface area contributed by atoms with Crippen LogP contribution < -0.4 is 4.72 Å². The highest BCUT2D eigenvalue weighted by molar-refractivity contribution is 7.92. The Morgan fingerprint density at radius 2 is 1.69 bits per heavy atom. The van der Waals surface area contributed by atoms with Gasteiger partial charge in [0.25, 0.3) is 10.0 Å². The first kappa shape index (κ1) is 23.9. The summed E-state index contributed by atoms with van der Waals surface area (Å²) in [7, 11) is -4.16. The Bertz CT molecular complexity index is 1700. The number of fused-ring (bicyclic) bond motifs is 1. The van der Waals surface area contributed by atoms with Crippen LogP contribution in [0.3, 0.4) is 0 Å². The molecule has 0 atom stereocenters. The van der Waals surface area contributed by atoms with E-state index in [4.69, 9.17) is 11.6 Å². The van der Waals surface area contributed by atoms with E-state index in [0.29, 0.717) is 5.39 Å². The van der Waals surface area contributed by atoms with E-state index in [1.165, 1.54) is 36.4 Å². The Hall–Kier alpha value is -4.24. The average molecular weight is 504 g/mol. The number of nitrogens with zero attached hydrogens (tertiary/aromatic N) is 2. The number of hydrogen-bond donors (Lipinski definition) is 1. The van der Waals surface area contributed by atoms with Crippen LogP contribution in [0.5, 0.6) is 0 Å². The molecule has 1 N–H and O–H groups in total. The first-order valence-electron chi connectivity index (χ1n) is 10.1. The number of sulfonamides is 1. The number of hydrogen-bond acceptors (Lipinski definition) is 5. The minimum Gasteiger partial charge on any atom is -0.288 e. The van der Waals surface area contributed by atoms with Crippen molar-refractivity contribution < 1.29 is 17.6 Å². The Labute approximate surface area is 205 Å². The third-order valence-electron chi connectivity index (χ3n) is 5.36. The van der Waals surface area contributed by atoms with Gasteiger partial charge in [0.1, 0.15) is 11.9 Å². The van der Waals surface area contributed by atoms with E-state index >= 15 is 0 Å². The third-order valence-corrected chi connectivity index (χ3v) is 7.07. The van der Waals surface area contributed by atoms with Crippen LogP contribution in [-0.4, -0.2) is 14.2 Å². The second-order valence-corrected chi connectivity index (χ2v) is 9.80. The maximum absolute atomic E-state index is 14.0. The van der Waals surface area contributed by atoms with Crippen molar-refractivity contribution in [1.29, 1.82) is 10.5 Å². The summed E-state index contributed by atoms with van der Waals surface area (Å²) in [4.78, 5) is 13.5. The Kier molecular flexibility index (Phi) is 6.27. The largest absolute Gasteiger partial charge is 0.288 e. The number of aryl methyl sites for hydroxylation is 1. The lowest BCUT2D eigenvalue weighted by Crippen LogP contribution is -2.17. The number of carbonyl (C=O) groups excluding carboxylic acids is 1. The lowest BCUT2D eigenvalue weighted by Gasteiger charge is -2.16. The van der Waals surface area contributed by atoms with E-state index in [0.717, 1.165) is 17.7 Å². The number of benzene rings is 4. The van der Waals surface area contributed by atoms with Crippen LogP contribution in [0.2, 0.25) is 5.02 Å². The topological polar surface area (TPSA) is 111 Å². The molecule has 0 heterocycles. The van der Waals surface area contributed by atoms with Gasteiger partial charge >= 0.3 is 0 Å². The predicted octanol–water partition coefficient (Wildman–Crippen LogP) is 5.72. The lowest BCUT2D eigenvalue weighted by atomic mass is 9.91. The molecular weight excluding hydrogens is 489 g/mol. The summed E-state index contributed by atoms with van der Waals surface area (Å²) < 4.78 is 42.7. The first-order chi connectivity index (χ1) is 16.6. The highest BCUT2D eigenvalue weighted by Crippen LogP contribution is 2.34. The fraction of sp³-hybridized carbons (Fsp3) is 0.0385. The number of carbonyl (C=O) groups is 1. The van der Waals surface area contributed by atoms with Gasteiger partial charge in [0, 0.05) is 10.9 Å². The van der Waals surface area contributed by atoms with Gasteiger partial charge in [0.2, 0.25) is 0 Å². The molecule has 0 bridgehead atoms. The van der Waals surface area contributed by atoms with Gasteiger partial charge in [-0.1, -0.05) is 35.4 Å². The van der Waals surface area contributed by atoms with Gasteiger partial charge in [-0.15, -0.1) is 0 Å². The molecule has 0 radical (unpaired) electrons. The van der Waals surface area contributed by atoms with Gasteiger partial charge in [-0.25, -0.2) is 12.8 Å². The average Bonchev–Trinajstić information content (AvgIpc) is 2.84. The molecule has 4 aromatic rings. The van der Waals surface area contributed by atoms with Gasteiger partial charge in [-0.05, 0) is 60.8 Å². The molecule has 0 aliphatic carbocycles. The van der Waals surface area contributed by atoms with Crippen molar-refractivity contribution in [2.24, 2.45) is 0 Å². The molecule has 9 heteroatoms. The number of anilines is 1. The lowest BCUT2D eigenvalue weighted by molar-refractivity contribution is 0.103. The van der Waals surface area contributed by atoms with Crippen LogP contribution in [-0.2, 0) is 10.0 Å². The van der Waals surface area contributed by atoms with E-state index in [-0.39, 0.29) is 43.2 Å². The normalized spacial score (nSPS) is 11.0. The molecule has 0 unspecified atom stereocenters. The number of halogens is 2. The summed E-state index contributed by atoms with van der Waals surface area (Å²) in [6.45, 7) is 1.81. The smallest absolute Gasteiger partial charge is 0.261 e. The molecule has 172 valence electrons. The second-order valence-electron chi connectivity index (χ2n) is 7.71. The van der Waals surface area contributed by atoms with Crippen molar-refractivity contribution in [3.63, 3.8) is 0 Å². The summed E-state index contributed by atoms with van der Waals surface area (Å²) >= 11 is 6.15. The van der Waals surface area contributed by atoms with Gasteiger partial charge < -0.3 is 0 Å². The second kappa shape index (κ2) is 9.19. The third kappa shape index (κ3) is 4.58. The summed E-state index contributed by atoms with van der Waals surface area (Å²) in [5, 5.41) is 19.9. The quantitative estimate of drug-likeness (QED) is 0.350. The van der Waals surface area contributed by atoms with Crippen molar-refractivity contribution in [2.45, 2.75) is 11.8 Å². The molecule has 6 nitrogen and oxygen atoms in total. The molecule has 0 spiro atoms. The molecule has 0 aromatic heterocycles. The van der Waals surface area contributed by atoms with Crippen LogP contribution in [0.15, 0.2) is 71.6 Å². The molecule has 0 fully saturated rings. The Morgan fingerprint density at radius 3 is 2.34 bits per heavy atom. The SMILES string of the molecule is Cc1ccc(S(=O)(=O)Nc2cc3ccc(C#N)cc3c(C#N)c2C(=O)c2cc(F)ccc2Cl)cc1. The van der Waals surface area contributed by atoms with Crippen molar-refractivity contribution in [2.75, 3.05) is 4.72 Å². The van der Waals surface area contributed by atoms with Crippen molar-refractivity contribution in [3.8, 4) is 12.1 Å². The fourth-order valence-electron chi connectivity index (χ4n) is 3.62. The summed E-state index contributed by atoms with van der Waals surface area (Å²) in [6, 6.07) is 19.0. The zero-order valence-electron chi connectivity index (χ0n) is 18.1. The maximum Gasteiger partial charge on any atom is 0.261 e. The minimum atomic E-state index is -4.16. The van der Waals surface area contributed by atoms with Crippen molar-refractivity contribution in [3.05, 3.63) is 105 Å². The number of rotatable bonds is 5. The minimum absolute atomic E-state index is 0.0521. The van der Waals surface area contributed by atoms with E-state index in [1.54, 1.807) is 25.1 Å². The molecule has 35 heavy (non-hydrogen) atoms. The summed E-state index contributed by atoms with van der Waals surface area (Å²) in [5.41, 5.74) is 0.194. The molecular formula is C26H15ClFN3O3S. The van der Waals surface area contributed by atoms with Crippen molar-refractivity contribution >= 4 is 43.9 Å². The monoisotopic (exact) mass is 503 g/mol. The summed E-state index contributed by atoms with van der Waals surface area (Å²) in [6.07, 6.45) is 0. The van der Waals surface area contributed by atoms with Crippen LogP contribution in [0.25, 0.3) is 10.8 Å². The summed E-state index contributed by atoms with van der Waals surface area (Å²) in [5.74, 6) is -1.58. The highest BCUT2D eigenvalue weighted by atomic mass is 35.5. The van der Waals surface area contributed by atoms with Crippen LogP contribution in [0, 0.1) is 35.4 Å². The van der Waals surface area contributed by atoms with Crippen LogP contribution in [0.1, 0.15) is 32.6 Å². The molecule has 0 saturated carbocycles. The molecule has 0 aliphatic rings. The van der Waals surface area contributed by atoms with Crippen LogP contribution in [0.4, 0.5) is 10.1 Å². The molecule has 0 aliphatic heterocycles. The molecule has 0 amide bonds. The highest BCUT2D eigenvalue weighted by Gasteiger charge is 2.26. The van der Waals surface area contributed by atoms with Crippen LogP contribution >= 0.6 is 11.6 Å². The number of ketones is 1. The zero-order valence-corrected chi connectivity index (χ0v) is 19.7. The van der Waals surface area contributed by atoms with E-state index in [1.807, 2.05) is 12.1 Å². The van der Waals surface area contributed by atoms with E-state index in [2.05, 4.69) is 4.72 Å². The fourth-order valence-corrected chi connectivity index (χ4v) is 4.89. The predicted molar refractivity (Wildman–Crippen MR) is 130 cm³/mol. The van der Waals surface area contributed by atoms with E-state index in [9.17, 15) is 28.1 Å². The van der Waals surface area contributed by atoms with Gasteiger partial charge in [0.15, 0.2) is 5.78 Å². The zero-order chi connectivity index (χ0) is 25.3. The Balaban J connectivity index is 2.01. The molecule has 4 aromatic carbocycles. The van der Waals surface area contributed by atoms with Gasteiger partial charge in [-0.3, -0.25) is 9.52 Å². The first-order valence-corrected chi connectivity index (χ1v) is 12.0. The van der Waals surface area contributed by atoms with E-state index < -0.39 is 21.6 Å². The standard InChI is InChI=1S/C26H15ClFN3O3S/c1-15-2-7-19(8-3-15)35(33,34)31-24-11-17-5-4-16(13-29)10-20(17)22(14-30)25(24)26(32)21-12-18(28)6-9-23(21)27/h2-12,31H,1H3. The maximum atomic E-state index is 14.0. The molecule has 0 saturated heterocycles. The Morgan fingerprint density at radius 1 is 0.971 bits per heavy atom. The van der Waals surface area contributed by atoms with Crippen molar-refractivity contribution in [1.82, 2.24) is 0 Å². The number of nitriles is 2. The molecule has 4 rings (SSSR count). The van der Waals surface area contributed by atoms with Gasteiger partial charge in [-0.2, -0.15) is 10.5 Å². The van der Waals surface area contributed by atoms with Gasteiger partial charge in [0.05, 0.1) is 38.4 Å².